The van der Waals surface area contributed by atoms with Crippen molar-refractivity contribution in [3.8, 4) is 0 Å². The lowest BCUT2D eigenvalue weighted by molar-refractivity contribution is 0.546. The van der Waals surface area contributed by atoms with Crippen LogP contribution in [0.25, 0.3) is 0 Å². The Morgan fingerprint density at radius 2 is 1.85 bits per heavy atom. The van der Waals surface area contributed by atoms with Gasteiger partial charge in [0.25, 0.3) is 0 Å². The van der Waals surface area contributed by atoms with Crippen LogP contribution in [0.2, 0.25) is 0 Å². The fraction of sp³-hybridized carbons (Fsp3) is 0.500. The molecule has 0 unspecified atom stereocenters. The lowest BCUT2D eigenvalue weighted by atomic mass is 9.96. The van der Waals surface area contributed by atoms with Crippen LogP contribution in [0.15, 0.2) is 17.8 Å². The van der Waals surface area contributed by atoms with Crippen LogP contribution in [0.4, 0.5) is 11.6 Å². The Labute approximate surface area is 123 Å². The van der Waals surface area contributed by atoms with Gasteiger partial charge in [0.1, 0.15) is 17.5 Å². The van der Waals surface area contributed by atoms with Crippen LogP contribution in [0.1, 0.15) is 38.4 Å². The summed E-state index contributed by atoms with van der Waals surface area (Å²) in [5.41, 5.74) is 1.76. The molecule has 0 aliphatic carbocycles. The largest absolute Gasteiger partial charge is 0.370 e. The monoisotopic (exact) mass is 291 g/mol. The van der Waals surface area contributed by atoms with Gasteiger partial charge in [-0.25, -0.2) is 9.97 Å². The fourth-order valence-corrected chi connectivity index (χ4v) is 2.19. The zero-order valence-corrected chi connectivity index (χ0v) is 13.2. The lowest BCUT2D eigenvalue weighted by Crippen LogP contribution is -2.18. The van der Waals surface area contributed by atoms with E-state index < -0.39 is 0 Å². The number of hydrogen-bond donors (Lipinski definition) is 2. The number of anilines is 2. The molecule has 2 rings (SSSR count). The van der Waals surface area contributed by atoms with Gasteiger partial charge in [0.05, 0.1) is 12.1 Å². The molecular formula is C14H21N5S. The first kappa shape index (κ1) is 14.7. The minimum absolute atomic E-state index is 0.0770. The van der Waals surface area contributed by atoms with Crippen molar-refractivity contribution in [3.05, 3.63) is 28.5 Å². The highest BCUT2D eigenvalue weighted by molar-refractivity contribution is 7.09. The average Bonchev–Trinajstić information content (AvgIpc) is 2.88. The lowest BCUT2D eigenvalue weighted by Gasteiger charge is -2.19. The van der Waals surface area contributed by atoms with E-state index >= 15 is 0 Å². The van der Waals surface area contributed by atoms with Crippen molar-refractivity contribution >= 4 is 23.0 Å². The molecule has 2 aromatic heterocycles. The van der Waals surface area contributed by atoms with E-state index in [1.165, 1.54) is 4.88 Å². The Morgan fingerprint density at radius 3 is 2.40 bits per heavy atom. The second-order valence-corrected chi connectivity index (χ2v) is 6.53. The SMILES string of the molecule is CCNc1cc(NCc2cncs2)nc(C(C)(C)C)n1. The molecule has 108 valence electrons. The summed E-state index contributed by atoms with van der Waals surface area (Å²) in [6, 6.07) is 1.94. The summed E-state index contributed by atoms with van der Waals surface area (Å²) in [4.78, 5) is 14.4. The van der Waals surface area contributed by atoms with Crippen LogP contribution >= 0.6 is 11.3 Å². The molecule has 0 radical (unpaired) electrons. The van der Waals surface area contributed by atoms with Crippen molar-refractivity contribution in [2.45, 2.75) is 39.7 Å². The van der Waals surface area contributed by atoms with Crippen LogP contribution in [-0.4, -0.2) is 21.5 Å². The summed E-state index contributed by atoms with van der Waals surface area (Å²) in [6.07, 6.45) is 1.87. The number of aromatic nitrogens is 3. The Morgan fingerprint density at radius 1 is 1.15 bits per heavy atom. The smallest absolute Gasteiger partial charge is 0.138 e. The highest BCUT2D eigenvalue weighted by atomic mass is 32.1. The second kappa shape index (κ2) is 6.17. The van der Waals surface area contributed by atoms with Gasteiger partial charge < -0.3 is 10.6 Å². The van der Waals surface area contributed by atoms with Crippen LogP contribution in [0.5, 0.6) is 0 Å². The number of nitrogens with one attached hydrogen (secondary N) is 2. The zero-order chi connectivity index (χ0) is 14.6. The van der Waals surface area contributed by atoms with E-state index in [0.717, 1.165) is 30.5 Å². The third-order valence-corrected chi connectivity index (χ3v) is 3.46. The van der Waals surface area contributed by atoms with Gasteiger partial charge in [-0.3, -0.25) is 4.98 Å². The molecule has 6 heteroatoms. The van der Waals surface area contributed by atoms with Crippen molar-refractivity contribution in [2.24, 2.45) is 0 Å². The quantitative estimate of drug-likeness (QED) is 0.885. The number of nitrogens with zero attached hydrogens (tertiary/aromatic N) is 3. The summed E-state index contributed by atoms with van der Waals surface area (Å²) in [7, 11) is 0. The van der Waals surface area contributed by atoms with Gasteiger partial charge in [-0.1, -0.05) is 20.8 Å². The average molecular weight is 291 g/mol. The second-order valence-electron chi connectivity index (χ2n) is 5.56. The third-order valence-electron chi connectivity index (χ3n) is 2.68. The molecule has 0 saturated carbocycles. The van der Waals surface area contributed by atoms with Crippen molar-refractivity contribution in [1.29, 1.82) is 0 Å². The maximum Gasteiger partial charge on any atom is 0.138 e. The molecule has 0 bridgehead atoms. The molecule has 0 fully saturated rings. The van der Waals surface area contributed by atoms with Crippen molar-refractivity contribution in [1.82, 2.24) is 15.0 Å². The van der Waals surface area contributed by atoms with E-state index in [0.29, 0.717) is 0 Å². The van der Waals surface area contributed by atoms with Gasteiger partial charge in [0, 0.05) is 29.1 Å². The van der Waals surface area contributed by atoms with Gasteiger partial charge in [0.2, 0.25) is 0 Å². The summed E-state index contributed by atoms with van der Waals surface area (Å²) in [5.74, 6) is 2.54. The third kappa shape index (κ3) is 3.90. The predicted octanol–water partition coefficient (Wildman–Crippen LogP) is 3.27. The molecule has 0 spiro atoms. The highest BCUT2D eigenvalue weighted by Gasteiger charge is 2.19. The summed E-state index contributed by atoms with van der Waals surface area (Å²) in [6.45, 7) is 9.98. The standard InChI is InChI=1S/C14H21N5S/c1-5-16-11-6-12(17-8-10-7-15-9-20-10)19-13(18-11)14(2,3)4/h6-7,9H,5,8H2,1-4H3,(H2,16,17,18,19). The highest BCUT2D eigenvalue weighted by Crippen LogP contribution is 2.22. The number of rotatable bonds is 5. The molecular weight excluding hydrogens is 270 g/mol. The van der Waals surface area contributed by atoms with E-state index in [-0.39, 0.29) is 5.41 Å². The molecule has 0 atom stereocenters. The van der Waals surface area contributed by atoms with Gasteiger partial charge in [-0.05, 0) is 6.92 Å². The minimum atomic E-state index is -0.0770. The fourth-order valence-electron chi connectivity index (χ4n) is 1.65. The van der Waals surface area contributed by atoms with E-state index in [2.05, 4.69) is 53.3 Å². The van der Waals surface area contributed by atoms with Crippen molar-refractivity contribution in [3.63, 3.8) is 0 Å². The number of hydrogen-bond acceptors (Lipinski definition) is 6. The normalized spacial score (nSPS) is 11.4. The van der Waals surface area contributed by atoms with Gasteiger partial charge >= 0.3 is 0 Å². The van der Waals surface area contributed by atoms with Crippen molar-refractivity contribution < 1.29 is 0 Å². The van der Waals surface area contributed by atoms with E-state index in [1.54, 1.807) is 11.3 Å². The summed E-state index contributed by atoms with van der Waals surface area (Å²) >= 11 is 1.63. The molecule has 0 saturated heterocycles. The van der Waals surface area contributed by atoms with Crippen LogP contribution < -0.4 is 10.6 Å². The minimum Gasteiger partial charge on any atom is -0.370 e. The molecule has 0 aromatic carbocycles. The molecule has 0 amide bonds. The Bertz CT molecular complexity index is 545. The first-order valence-corrected chi connectivity index (χ1v) is 7.61. The van der Waals surface area contributed by atoms with Gasteiger partial charge in [-0.15, -0.1) is 11.3 Å². The topological polar surface area (TPSA) is 62.7 Å². The molecule has 5 nitrogen and oxygen atoms in total. The predicted molar refractivity (Wildman–Crippen MR) is 84.3 cm³/mol. The van der Waals surface area contributed by atoms with Crippen molar-refractivity contribution in [2.75, 3.05) is 17.2 Å². The van der Waals surface area contributed by atoms with Crippen LogP contribution in [0.3, 0.4) is 0 Å². The maximum atomic E-state index is 4.61. The first-order chi connectivity index (χ1) is 9.49. The number of thiazole rings is 1. The van der Waals surface area contributed by atoms with E-state index in [9.17, 15) is 0 Å². The van der Waals surface area contributed by atoms with E-state index in [4.69, 9.17) is 0 Å². The summed E-state index contributed by atoms with van der Waals surface area (Å²) < 4.78 is 0. The molecule has 0 aliphatic rings. The zero-order valence-electron chi connectivity index (χ0n) is 12.4. The molecule has 20 heavy (non-hydrogen) atoms. The maximum absolute atomic E-state index is 4.61. The van der Waals surface area contributed by atoms with Gasteiger partial charge in [-0.2, -0.15) is 0 Å². The first-order valence-electron chi connectivity index (χ1n) is 6.73. The van der Waals surface area contributed by atoms with Crippen LogP contribution in [0, 0.1) is 0 Å². The Hall–Kier alpha value is -1.69. The molecule has 2 aromatic rings. The Balaban J connectivity index is 2.20. The van der Waals surface area contributed by atoms with E-state index in [1.807, 2.05) is 17.8 Å². The summed E-state index contributed by atoms with van der Waals surface area (Å²) in [5, 5.41) is 6.59. The molecule has 0 aliphatic heterocycles. The Kier molecular flexibility index (Phi) is 4.54. The van der Waals surface area contributed by atoms with Gasteiger partial charge in [0.15, 0.2) is 0 Å². The van der Waals surface area contributed by atoms with Crippen LogP contribution in [-0.2, 0) is 12.0 Å². The molecule has 2 N–H and O–H groups in total. The molecule has 2 heterocycles.